The standard InChI is InChI=1S/C9H14N2O2S/c10-11-9(7-2-1-3-12-7)8-6-14-5-4-13-8/h1-3,8-9,11H,4-6,10H2. The molecule has 0 amide bonds. The highest BCUT2D eigenvalue weighted by Gasteiger charge is 2.27. The Morgan fingerprint density at radius 1 is 1.64 bits per heavy atom. The number of hydrogen-bond donors (Lipinski definition) is 2. The Morgan fingerprint density at radius 2 is 2.57 bits per heavy atom. The second kappa shape index (κ2) is 4.84. The molecule has 2 atom stereocenters. The van der Waals surface area contributed by atoms with Crippen molar-refractivity contribution in [1.82, 2.24) is 5.43 Å². The van der Waals surface area contributed by atoms with Crippen LogP contribution in [0.25, 0.3) is 0 Å². The lowest BCUT2D eigenvalue weighted by atomic mass is 10.1. The van der Waals surface area contributed by atoms with Gasteiger partial charge in [-0.1, -0.05) is 0 Å². The molecule has 0 spiro atoms. The van der Waals surface area contributed by atoms with Crippen molar-refractivity contribution in [3.8, 4) is 0 Å². The van der Waals surface area contributed by atoms with Gasteiger partial charge in [0.2, 0.25) is 0 Å². The minimum Gasteiger partial charge on any atom is -0.468 e. The minimum absolute atomic E-state index is 0.0437. The van der Waals surface area contributed by atoms with Crippen molar-refractivity contribution in [3.63, 3.8) is 0 Å². The molecule has 1 aromatic heterocycles. The third kappa shape index (κ3) is 2.12. The number of hydrazine groups is 1. The van der Waals surface area contributed by atoms with Gasteiger partial charge >= 0.3 is 0 Å². The van der Waals surface area contributed by atoms with Crippen LogP contribution in [0.15, 0.2) is 22.8 Å². The number of ether oxygens (including phenoxy) is 1. The van der Waals surface area contributed by atoms with Crippen LogP contribution < -0.4 is 11.3 Å². The van der Waals surface area contributed by atoms with Gasteiger partial charge in [-0.3, -0.25) is 5.84 Å². The maximum Gasteiger partial charge on any atom is 0.124 e. The lowest BCUT2D eigenvalue weighted by molar-refractivity contribution is 0.0410. The highest BCUT2D eigenvalue weighted by atomic mass is 32.2. The SMILES string of the molecule is NNC(c1ccco1)C1CSCCO1. The zero-order valence-corrected chi connectivity index (χ0v) is 8.63. The van der Waals surface area contributed by atoms with E-state index in [9.17, 15) is 0 Å². The molecule has 1 fully saturated rings. The van der Waals surface area contributed by atoms with E-state index >= 15 is 0 Å². The molecule has 4 nitrogen and oxygen atoms in total. The Bertz CT molecular complexity index is 260. The second-order valence-corrected chi connectivity index (χ2v) is 4.29. The molecule has 2 heterocycles. The van der Waals surface area contributed by atoms with Crippen LogP contribution >= 0.6 is 11.8 Å². The van der Waals surface area contributed by atoms with Crippen LogP contribution in [0.1, 0.15) is 11.8 Å². The molecule has 0 radical (unpaired) electrons. The van der Waals surface area contributed by atoms with Crippen molar-refractivity contribution in [2.75, 3.05) is 18.1 Å². The Balaban J connectivity index is 2.04. The molecular formula is C9H14N2O2S. The van der Waals surface area contributed by atoms with Crippen LogP contribution in [0.2, 0.25) is 0 Å². The van der Waals surface area contributed by atoms with Crippen LogP contribution in [0, 0.1) is 0 Å². The predicted molar refractivity (Wildman–Crippen MR) is 55.8 cm³/mol. The molecule has 0 bridgehead atoms. The molecule has 1 saturated heterocycles. The predicted octanol–water partition coefficient (Wildman–Crippen LogP) is 0.916. The summed E-state index contributed by atoms with van der Waals surface area (Å²) in [6, 6.07) is 3.72. The first kappa shape index (κ1) is 10.0. The van der Waals surface area contributed by atoms with E-state index in [1.807, 2.05) is 23.9 Å². The van der Waals surface area contributed by atoms with Gasteiger partial charge in [0.15, 0.2) is 0 Å². The summed E-state index contributed by atoms with van der Waals surface area (Å²) in [5.74, 6) is 8.34. The fourth-order valence-corrected chi connectivity index (χ4v) is 2.44. The number of nitrogens with two attached hydrogens (primary N) is 1. The quantitative estimate of drug-likeness (QED) is 0.578. The van der Waals surface area contributed by atoms with Gasteiger partial charge in [0.1, 0.15) is 11.8 Å². The molecule has 2 rings (SSSR count). The number of thioether (sulfide) groups is 1. The van der Waals surface area contributed by atoms with Crippen LogP contribution in [-0.2, 0) is 4.74 Å². The largest absolute Gasteiger partial charge is 0.468 e. The third-order valence-corrected chi connectivity index (χ3v) is 3.26. The number of hydrogen-bond acceptors (Lipinski definition) is 5. The van der Waals surface area contributed by atoms with Crippen LogP contribution in [-0.4, -0.2) is 24.2 Å². The van der Waals surface area contributed by atoms with Gasteiger partial charge in [0.25, 0.3) is 0 Å². The number of furan rings is 1. The molecule has 0 aromatic carbocycles. The third-order valence-electron chi connectivity index (χ3n) is 2.24. The summed E-state index contributed by atoms with van der Waals surface area (Å²) in [5, 5.41) is 0. The molecule has 2 unspecified atom stereocenters. The summed E-state index contributed by atoms with van der Waals surface area (Å²) in [4.78, 5) is 0. The first-order chi connectivity index (χ1) is 6.92. The fourth-order valence-electron chi connectivity index (χ4n) is 1.54. The molecule has 1 aromatic rings. The Morgan fingerprint density at radius 3 is 3.14 bits per heavy atom. The Kier molecular flexibility index (Phi) is 3.47. The minimum atomic E-state index is -0.0437. The van der Waals surface area contributed by atoms with E-state index in [1.165, 1.54) is 0 Å². The highest BCUT2D eigenvalue weighted by molar-refractivity contribution is 7.99. The topological polar surface area (TPSA) is 60.4 Å². The second-order valence-electron chi connectivity index (χ2n) is 3.14. The van der Waals surface area contributed by atoms with Gasteiger partial charge in [-0.05, 0) is 12.1 Å². The first-order valence-electron chi connectivity index (χ1n) is 4.60. The summed E-state index contributed by atoms with van der Waals surface area (Å²) >= 11 is 1.88. The maximum atomic E-state index is 5.63. The molecule has 5 heteroatoms. The normalized spacial score (nSPS) is 24.8. The Labute approximate surface area is 87.1 Å². The molecule has 14 heavy (non-hydrogen) atoms. The van der Waals surface area contributed by atoms with Crippen molar-refractivity contribution in [3.05, 3.63) is 24.2 Å². The van der Waals surface area contributed by atoms with Gasteiger partial charge in [-0.2, -0.15) is 11.8 Å². The van der Waals surface area contributed by atoms with Crippen molar-refractivity contribution < 1.29 is 9.15 Å². The molecule has 78 valence electrons. The van der Waals surface area contributed by atoms with E-state index in [2.05, 4.69) is 5.43 Å². The van der Waals surface area contributed by atoms with Gasteiger partial charge in [-0.25, -0.2) is 5.43 Å². The van der Waals surface area contributed by atoms with Crippen LogP contribution in [0.3, 0.4) is 0 Å². The molecule has 0 aliphatic carbocycles. The highest BCUT2D eigenvalue weighted by Crippen LogP contribution is 2.25. The van der Waals surface area contributed by atoms with Crippen molar-refractivity contribution in [2.45, 2.75) is 12.1 Å². The van der Waals surface area contributed by atoms with Crippen molar-refractivity contribution in [2.24, 2.45) is 5.84 Å². The van der Waals surface area contributed by atoms with Crippen molar-refractivity contribution in [1.29, 1.82) is 0 Å². The summed E-state index contributed by atoms with van der Waals surface area (Å²) < 4.78 is 10.9. The van der Waals surface area contributed by atoms with Gasteiger partial charge in [-0.15, -0.1) is 0 Å². The summed E-state index contributed by atoms with van der Waals surface area (Å²) in [6.45, 7) is 0.786. The summed E-state index contributed by atoms with van der Waals surface area (Å²) in [7, 11) is 0. The van der Waals surface area contributed by atoms with Gasteiger partial charge < -0.3 is 9.15 Å². The Hall–Kier alpha value is -0.490. The number of rotatable bonds is 3. The molecule has 1 aliphatic rings. The van der Waals surface area contributed by atoms with E-state index < -0.39 is 0 Å². The van der Waals surface area contributed by atoms with Gasteiger partial charge in [0.05, 0.1) is 19.0 Å². The van der Waals surface area contributed by atoms with E-state index in [0.717, 1.165) is 23.9 Å². The smallest absolute Gasteiger partial charge is 0.124 e. The average Bonchev–Trinajstić information content (AvgIpc) is 2.74. The van der Waals surface area contributed by atoms with Crippen LogP contribution in [0.4, 0.5) is 0 Å². The first-order valence-corrected chi connectivity index (χ1v) is 5.76. The molecule has 0 saturated carbocycles. The van der Waals surface area contributed by atoms with E-state index in [1.54, 1.807) is 6.26 Å². The summed E-state index contributed by atoms with van der Waals surface area (Å²) in [5.41, 5.74) is 2.74. The molecule has 1 aliphatic heterocycles. The fraction of sp³-hybridized carbons (Fsp3) is 0.556. The van der Waals surface area contributed by atoms with Gasteiger partial charge in [0, 0.05) is 11.5 Å². The summed E-state index contributed by atoms with van der Waals surface area (Å²) in [6.07, 6.45) is 1.75. The lowest BCUT2D eigenvalue weighted by Crippen LogP contribution is -2.41. The maximum absolute atomic E-state index is 5.63. The van der Waals surface area contributed by atoms with Crippen LogP contribution in [0.5, 0.6) is 0 Å². The van der Waals surface area contributed by atoms with E-state index in [0.29, 0.717) is 0 Å². The molecular weight excluding hydrogens is 200 g/mol. The average molecular weight is 214 g/mol. The lowest BCUT2D eigenvalue weighted by Gasteiger charge is -2.28. The van der Waals surface area contributed by atoms with E-state index in [4.69, 9.17) is 15.0 Å². The van der Waals surface area contributed by atoms with Crippen molar-refractivity contribution >= 4 is 11.8 Å². The molecule has 3 N–H and O–H groups in total. The number of nitrogens with one attached hydrogen (secondary N) is 1. The van der Waals surface area contributed by atoms with E-state index in [-0.39, 0.29) is 12.1 Å². The zero-order chi connectivity index (χ0) is 9.80. The monoisotopic (exact) mass is 214 g/mol. The zero-order valence-electron chi connectivity index (χ0n) is 7.81.